The van der Waals surface area contributed by atoms with Crippen molar-refractivity contribution in [2.75, 3.05) is 140 Å². The van der Waals surface area contributed by atoms with Crippen molar-refractivity contribution in [1.29, 1.82) is 0 Å². The van der Waals surface area contributed by atoms with Crippen molar-refractivity contribution in [3.8, 4) is 0 Å². The number of benzene rings is 1. The van der Waals surface area contributed by atoms with Crippen LogP contribution in [-0.4, -0.2) is 239 Å². The summed E-state index contributed by atoms with van der Waals surface area (Å²) in [5.41, 5.74) is 0.869. The van der Waals surface area contributed by atoms with Gasteiger partial charge in [-0.15, -0.1) is 0 Å². The first-order valence-electron chi connectivity index (χ1n) is 27.0. The standard InChI is InChI=1S/C53H76N10O12S8/c1-4-7-19-55-42(65)32-61(51(77)80-36-46(69)58(5-2)6-3)24-28-73-49(72)39-83-53(79)63(35-45(68)59-21-14-9-15-22-59)26-30-75-48(71)38-82-52(78)62(33-43(66)56-31-40-16-10-8-11-17-40)25-29-74-47(70)37-81-50(76)60(23-27-64)34-44(67)57-41-18-12-13-20-54-41/h8,10-13,16-18,20,64H,4-7,9,14-15,19,21-39H2,1-3H3,(H,55,65)(H,56,66)(H,54,57,67). The molecule has 3 rings (SSSR count). The van der Waals surface area contributed by atoms with Gasteiger partial charge in [-0.1, -0.05) is 146 Å². The molecule has 1 aromatic heterocycles. The first-order valence-corrected chi connectivity index (χ1v) is 32.6. The second kappa shape index (κ2) is 42.8. The molecule has 0 atom stereocenters. The number of carbonyl (C=O) groups excluding carboxylic acids is 8. The average Bonchev–Trinajstić information content (AvgIpc) is 3.48. The van der Waals surface area contributed by atoms with E-state index in [0.29, 0.717) is 42.9 Å². The summed E-state index contributed by atoms with van der Waals surface area (Å²) in [6, 6.07) is 14.3. The lowest BCUT2D eigenvalue weighted by Gasteiger charge is -2.30. The zero-order valence-corrected chi connectivity index (χ0v) is 53.7. The molecule has 1 saturated heterocycles. The number of ether oxygens (including phenoxy) is 3. The van der Waals surface area contributed by atoms with E-state index in [1.807, 2.05) is 51.1 Å². The highest BCUT2D eigenvalue weighted by Crippen LogP contribution is 2.17. The van der Waals surface area contributed by atoms with Gasteiger partial charge in [0.25, 0.3) is 0 Å². The summed E-state index contributed by atoms with van der Waals surface area (Å²) >= 11 is 26.5. The monoisotopic (exact) mass is 1300 g/mol. The number of hydrogen-bond donors (Lipinski definition) is 4. The van der Waals surface area contributed by atoms with Crippen LogP contribution in [0.25, 0.3) is 0 Å². The number of hydrogen-bond acceptors (Lipinski definition) is 21. The molecular formula is C53H76N10O12S8. The van der Waals surface area contributed by atoms with Crippen LogP contribution >= 0.6 is 95.9 Å². The number of thiocarbonyl (C=S) groups is 4. The summed E-state index contributed by atoms with van der Waals surface area (Å²) < 4.78 is 17.4. The Morgan fingerprint density at radius 3 is 1.53 bits per heavy atom. The third-order valence-corrected chi connectivity index (χ3v) is 17.8. The quantitative estimate of drug-likeness (QED) is 0.0329. The van der Waals surface area contributed by atoms with Gasteiger partial charge < -0.3 is 64.7 Å². The number of pyridine rings is 1. The fraction of sp³-hybridized carbons (Fsp3) is 0.566. The number of nitrogens with one attached hydrogen (secondary N) is 3. The van der Waals surface area contributed by atoms with Crippen molar-refractivity contribution >= 4 is 166 Å². The molecule has 0 bridgehead atoms. The number of aromatic nitrogens is 1. The molecule has 0 aliphatic carbocycles. The molecule has 1 fully saturated rings. The van der Waals surface area contributed by atoms with Crippen LogP contribution in [0.5, 0.6) is 0 Å². The van der Waals surface area contributed by atoms with Gasteiger partial charge in [-0.05, 0) is 57.2 Å². The summed E-state index contributed by atoms with van der Waals surface area (Å²) in [6.07, 6.45) is 5.99. The van der Waals surface area contributed by atoms with Crippen molar-refractivity contribution in [2.45, 2.75) is 59.4 Å². The van der Waals surface area contributed by atoms with Crippen molar-refractivity contribution in [3.63, 3.8) is 0 Å². The molecule has 5 amide bonds. The van der Waals surface area contributed by atoms with Gasteiger partial charge >= 0.3 is 17.9 Å². The smallest absolute Gasteiger partial charge is 0.316 e. The molecule has 83 heavy (non-hydrogen) atoms. The molecule has 0 unspecified atom stereocenters. The Bertz CT molecular complexity index is 2430. The van der Waals surface area contributed by atoms with E-state index in [9.17, 15) is 43.5 Å². The van der Waals surface area contributed by atoms with Crippen LogP contribution in [0.1, 0.15) is 58.4 Å². The number of thioether (sulfide) groups is 4. The van der Waals surface area contributed by atoms with E-state index in [-0.39, 0.29) is 145 Å². The second-order valence-electron chi connectivity index (χ2n) is 18.0. The maximum Gasteiger partial charge on any atom is 0.316 e. The van der Waals surface area contributed by atoms with Crippen molar-refractivity contribution in [1.82, 2.24) is 45.0 Å². The molecule has 22 nitrogen and oxygen atoms in total. The number of unbranched alkanes of at least 4 members (excludes halogenated alkanes) is 1. The highest BCUT2D eigenvalue weighted by molar-refractivity contribution is 8.24. The Morgan fingerprint density at radius 1 is 0.578 bits per heavy atom. The first kappa shape index (κ1) is 72.3. The molecule has 30 heteroatoms. The molecule has 2 aromatic rings. The van der Waals surface area contributed by atoms with Crippen molar-refractivity contribution in [2.24, 2.45) is 0 Å². The Kier molecular flexibility index (Phi) is 37.3. The molecule has 0 saturated carbocycles. The van der Waals surface area contributed by atoms with Crippen LogP contribution in [0.4, 0.5) is 5.82 Å². The van der Waals surface area contributed by atoms with Crippen LogP contribution in [0.3, 0.4) is 0 Å². The van der Waals surface area contributed by atoms with Gasteiger partial charge in [0.15, 0.2) is 0 Å². The number of anilines is 1. The maximum absolute atomic E-state index is 13.5. The first-order chi connectivity index (χ1) is 40.0. The number of esters is 3. The third-order valence-electron chi connectivity index (χ3n) is 11.8. The van der Waals surface area contributed by atoms with Crippen LogP contribution in [-0.2, 0) is 59.1 Å². The Hall–Kier alpha value is -4.95. The molecule has 0 radical (unpaired) electrons. The number of carbonyl (C=O) groups is 8. The topological polar surface area (TPSA) is 253 Å². The van der Waals surface area contributed by atoms with Gasteiger partial charge in [-0.3, -0.25) is 38.4 Å². The number of aliphatic hydroxyl groups excluding tert-OH is 1. The molecular weight excluding hydrogens is 1230 g/mol. The molecule has 4 N–H and O–H groups in total. The summed E-state index contributed by atoms with van der Waals surface area (Å²) in [5.74, 6) is -3.45. The predicted octanol–water partition coefficient (Wildman–Crippen LogP) is 4.04. The predicted molar refractivity (Wildman–Crippen MR) is 344 cm³/mol. The van der Waals surface area contributed by atoms with Gasteiger partial charge in [-0.2, -0.15) is 0 Å². The summed E-state index contributed by atoms with van der Waals surface area (Å²) in [6.45, 7) is 7.59. The molecule has 1 aromatic carbocycles. The zero-order valence-electron chi connectivity index (χ0n) is 47.1. The van der Waals surface area contributed by atoms with E-state index in [2.05, 4.69) is 20.9 Å². The summed E-state index contributed by atoms with van der Waals surface area (Å²) in [4.78, 5) is 118. The number of likely N-dealkylation sites (tertiary alicyclic amines) is 1. The minimum atomic E-state index is -0.653. The van der Waals surface area contributed by atoms with Crippen LogP contribution in [0.15, 0.2) is 54.7 Å². The average molecular weight is 1300 g/mol. The lowest BCUT2D eigenvalue weighted by atomic mass is 10.1. The van der Waals surface area contributed by atoms with Gasteiger partial charge in [0.1, 0.15) is 42.9 Å². The SMILES string of the molecule is CCCCNC(=O)CN(CCOC(=O)CSC(=S)N(CCOC(=O)CSC(=S)N(CCOC(=O)CSC(=S)N(CCO)CC(=O)Nc1ccccn1)CC(=O)NCc1ccccc1)CC(=O)N1CCCCC1)C(=S)SCC(=O)N(CC)CC. The van der Waals surface area contributed by atoms with E-state index in [1.54, 1.807) is 37.8 Å². The minimum Gasteiger partial charge on any atom is -0.463 e. The Morgan fingerprint density at radius 2 is 1.05 bits per heavy atom. The highest BCUT2D eigenvalue weighted by atomic mass is 32.2. The van der Waals surface area contributed by atoms with E-state index in [1.165, 1.54) is 16.0 Å². The molecule has 458 valence electrons. The molecule has 1 aliphatic rings. The summed E-state index contributed by atoms with van der Waals surface area (Å²) in [7, 11) is 0. The zero-order chi connectivity index (χ0) is 60.8. The van der Waals surface area contributed by atoms with Crippen LogP contribution in [0, 0.1) is 0 Å². The van der Waals surface area contributed by atoms with Gasteiger partial charge in [-0.25, -0.2) is 4.98 Å². The van der Waals surface area contributed by atoms with Crippen LogP contribution in [0.2, 0.25) is 0 Å². The van der Waals surface area contributed by atoms with E-state index < -0.39 is 23.8 Å². The number of amides is 5. The Balaban J connectivity index is 1.57. The summed E-state index contributed by atoms with van der Waals surface area (Å²) in [5, 5.41) is 18.0. The fourth-order valence-electron chi connectivity index (χ4n) is 7.37. The molecule has 0 spiro atoms. The maximum atomic E-state index is 13.5. The molecule has 1 aliphatic heterocycles. The van der Waals surface area contributed by atoms with E-state index in [0.717, 1.165) is 84.7 Å². The van der Waals surface area contributed by atoms with E-state index >= 15 is 0 Å². The van der Waals surface area contributed by atoms with Gasteiger partial charge in [0.2, 0.25) is 29.5 Å². The number of rotatable bonds is 35. The molecule has 2 heterocycles. The second-order valence-corrected chi connectivity index (χ2v) is 24.5. The number of nitrogens with zero attached hydrogens (tertiary/aromatic N) is 7. The largest absolute Gasteiger partial charge is 0.463 e. The normalized spacial score (nSPS) is 11.7. The van der Waals surface area contributed by atoms with Crippen molar-refractivity contribution < 1.29 is 57.7 Å². The van der Waals surface area contributed by atoms with Gasteiger partial charge in [0, 0.05) is 52.0 Å². The minimum absolute atomic E-state index is 0.0162. The third kappa shape index (κ3) is 31.1. The Labute approximate surface area is 525 Å². The van der Waals surface area contributed by atoms with Crippen LogP contribution < -0.4 is 16.0 Å². The number of aliphatic hydroxyl groups is 1. The lowest BCUT2D eigenvalue weighted by molar-refractivity contribution is -0.141. The van der Waals surface area contributed by atoms with E-state index in [4.69, 9.17) is 63.1 Å². The fourth-order valence-corrected chi connectivity index (χ4v) is 11.5. The van der Waals surface area contributed by atoms with Crippen molar-refractivity contribution in [3.05, 3.63) is 60.3 Å². The number of piperidine rings is 1. The highest BCUT2D eigenvalue weighted by Gasteiger charge is 2.25. The van der Waals surface area contributed by atoms with Gasteiger partial charge in [0.05, 0.1) is 75.4 Å². The lowest BCUT2D eigenvalue weighted by Crippen LogP contribution is -2.45.